The van der Waals surface area contributed by atoms with Crippen molar-refractivity contribution in [3.05, 3.63) is 35.9 Å². The summed E-state index contributed by atoms with van der Waals surface area (Å²) >= 11 is 0. The van der Waals surface area contributed by atoms with Gasteiger partial charge in [-0.25, -0.2) is 0 Å². The van der Waals surface area contributed by atoms with Gasteiger partial charge < -0.3 is 0 Å². The van der Waals surface area contributed by atoms with E-state index >= 15 is 0 Å². The highest BCUT2D eigenvalue weighted by Crippen LogP contribution is 2.01. The van der Waals surface area contributed by atoms with Crippen LogP contribution in [0, 0.1) is 0 Å². The summed E-state index contributed by atoms with van der Waals surface area (Å²) in [6, 6.07) is 8.54. The average molecular weight is 205 g/mol. The molecular weight excluding hydrogens is 194 g/mol. The van der Waals surface area contributed by atoms with Gasteiger partial charge in [-0.05, 0) is 0 Å². The third-order valence-corrected chi connectivity index (χ3v) is 1.94. The minimum absolute atomic E-state index is 0.206. The van der Waals surface area contributed by atoms with Gasteiger partial charge in [0.1, 0.15) is 0 Å². The van der Waals surface area contributed by atoms with Crippen molar-refractivity contribution in [2.75, 3.05) is 6.54 Å². The quantitative estimate of drug-likeness (QED) is 0.541. The van der Waals surface area contributed by atoms with E-state index in [1.165, 1.54) is 6.92 Å². The van der Waals surface area contributed by atoms with Crippen molar-refractivity contribution in [2.24, 2.45) is 0 Å². The van der Waals surface area contributed by atoms with Crippen LogP contribution in [0.4, 0.5) is 0 Å². The Balaban J connectivity index is 2.71. The number of hydrogen-bond donors (Lipinski definition) is 0. The topological polar surface area (TPSA) is 54.5 Å². The molecule has 0 atom stereocenters. The van der Waals surface area contributed by atoms with E-state index in [1.807, 2.05) is 0 Å². The summed E-state index contributed by atoms with van der Waals surface area (Å²) in [5, 5.41) is 0. The first-order valence-electron chi connectivity index (χ1n) is 4.46. The molecule has 0 aliphatic carbocycles. The molecule has 1 aromatic rings. The molecule has 0 heterocycles. The first-order chi connectivity index (χ1) is 7.15. The van der Waals surface area contributed by atoms with Crippen LogP contribution >= 0.6 is 0 Å². The lowest BCUT2D eigenvalue weighted by Crippen LogP contribution is -2.32. The largest absolute Gasteiger partial charge is 0.292 e. The highest BCUT2D eigenvalue weighted by Gasteiger charge is 2.13. The number of imide groups is 1. The number of Topliss-reactive ketones (excluding diaryl/α,β-unsaturated/α-hetero) is 1. The molecule has 0 N–H and O–H groups in total. The molecule has 0 saturated carbocycles. The third-order valence-electron chi connectivity index (χ3n) is 1.94. The molecule has 0 fully saturated rings. The van der Waals surface area contributed by atoms with Gasteiger partial charge in [-0.2, -0.15) is 0 Å². The number of benzene rings is 1. The van der Waals surface area contributed by atoms with E-state index in [0.717, 1.165) is 4.90 Å². The van der Waals surface area contributed by atoms with Crippen LogP contribution in [0.5, 0.6) is 0 Å². The van der Waals surface area contributed by atoms with E-state index in [9.17, 15) is 14.4 Å². The van der Waals surface area contributed by atoms with Crippen LogP contribution in [-0.4, -0.2) is 29.5 Å². The Bertz CT molecular complexity index is 373. The van der Waals surface area contributed by atoms with Crippen LogP contribution in [0.3, 0.4) is 0 Å². The molecular formula is C11H11NO3. The molecule has 0 radical (unpaired) electrons. The summed E-state index contributed by atoms with van der Waals surface area (Å²) < 4.78 is 0. The van der Waals surface area contributed by atoms with Gasteiger partial charge in [0.2, 0.25) is 12.3 Å². The fraction of sp³-hybridized carbons (Fsp3) is 0.182. The zero-order valence-corrected chi connectivity index (χ0v) is 8.34. The predicted octanol–water partition coefficient (Wildman–Crippen LogP) is 0.874. The summed E-state index contributed by atoms with van der Waals surface area (Å²) in [5.74, 6) is -0.688. The first-order valence-corrected chi connectivity index (χ1v) is 4.46. The van der Waals surface area contributed by atoms with E-state index in [1.54, 1.807) is 30.3 Å². The summed E-state index contributed by atoms with van der Waals surface area (Å²) in [7, 11) is 0. The standard InChI is InChI=1S/C11H11NO3/c1-9(14)12(8-13)7-11(15)10-5-3-2-4-6-10/h2-6,8H,7H2,1H3. The third kappa shape index (κ3) is 3.02. The van der Waals surface area contributed by atoms with Crippen molar-refractivity contribution in [1.82, 2.24) is 4.90 Å². The van der Waals surface area contributed by atoms with Crippen LogP contribution in [0.2, 0.25) is 0 Å². The fourth-order valence-corrected chi connectivity index (χ4v) is 1.09. The molecule has 0 bridgehead atoms. The molecule has 0 unspecified atom stereocenters. The molecule has 0 saturated heterocycles. The van der Waals surface area contributed by atoms with Crippen LogP contribution < -0.4 is 0 Å². The molecule has 2 amide bonds. The molecule has 0 spiro atoms. The van der Waals surface area contributed by atoms with Gasteiger partial charge >= 0.3 is 0 Å². The highest BCUT2D eigenvalue weighted by molar-refractivity contribution is 6.01. The molecule has 0 aromatic heterocycles. The second-order valence-electron chi connectivity index (χ2n) is 3.04. The number of nitrogens with zero attached hydrogens (tertiary/aromatic N) is 1. The highest BCUT2D eigenvalue weighted by atomic mass is 16.2. The number of carbonyl (C=O) groups is 3. The molecule has 1 aromatic carbocycles. The Hall–Kier alpha value is -1.97. The summed E-state index contributed by atoms with van der Waals surface area (Å²) in [6.45, 7) is 1.04. The van der Waals surface area contributed by atoms with Crippen molar-refractivity contribution in [3.8, 4) is 0 Å². The Kier molecular flexibility index (Phi) is 3.74. The Morgan fingerprint density at radius 1 is 1.27 bits per heavy atom. The van der Waals surface area contributed by atoms with Gasteiger partial charge in [0.25, 0.3) is 0 Å². The zero-order chi connectivity index (χ0) is 11.3. The van der Waals surface area contributed by atoms with Crippen molar-refractivity contribution in [2.45, 2.75) is 6.92 Å². The Morgan fingerprint density at radius 3 is 2.33 bits per heavy atom. The lowest BCUT2D eigenvalue weighted by Gasteiger charge is -2.11. The summed E-state index contributed by atoms with van der Waals surface area (Å²) in [5.41, 5.74) is 0.491. The van der Waals surface area contributed by atoms with E-state index in [4.69, 9.17) is 0 Å². The van der Waals surface area contributed by atoms with Crippen molar-refractivity contribution in [1.29, 1.82) is 0 Å². The minimum atomic E-state index is -0.436. The molecule has 4 nitrogen and oxygen atoms in total. The maximum Gasteiger partial charge on any atom is 0.226 e. The molecule has 4 heteroatoms. The maximum absolute atomic E-state index is 11.6. The van der Waals surface area contributed by atoms with Gasteiger partial charge in [0.05, 0.1) is 6.54 Å². The van der Waals surface area contributed by atoms with Crippen LogP contribution in [-0.2, 0) is 9.59 Å². The molecule has 1 rings (SSSR count). The van der Waals surface area contributed by atoms with E-state index < -0.39 is 5.91 Å². The molecule has 0 aliphatic heterocycles. The lowest BCUT2D eigenvalue weighted by molar-refractivity contribution is -0.135. The first kappa shape index (κ1) is 11.1. The van der Waals surface area contributed by atoms with E-state index in [-0.39, 0.29) is 12.3 Å². The Morgan fingerprint density at radius 2 is 1.87 bits per heavy atom. The second kappa shape index (κ2) is 5.05. The number of ketones is 1. The Labute approximate surface area is 87.5 Å². The number of amides is 2. The zero-order valence-electron chi connectivity index (χ0n) is 8.34. The van der Waals surface area contributed by atoms with Gasteiger partial charge in [-0.15, -0.1) is 0 Å². The lowest BCUT2D eigenvalue weighted by atomic mass is 10.1. The SMILES string of the molecule is CC(=O)N(C=O)CC(=O)c1ccccc1. The van der Waals surface area contributed by atoms with Gasteiger partial charge in [0.15, 0.2) is 5.78 Å². The molecule has 78 valence electrons. The monoisotopic (exact) mass is 205 g/mol. The van der Waals surface area contributed by atoms with Crippen LogP contribution in [0.25, 0.3) is 0 Å². The summed E-state index contributed by atoms with van der Waals surface area (Å²) in [6.07, 6.45) is 0.364. The summed E-state index contributed by atoms with van der Waals surface area (Å²) in [4.78, 5) is 33.8. The maximum atomic E-state index is 11.6. The number of carbonyl (C=O) groups excluding carboxylic acids is 3. The van der Waals surface area contributed by atoms with Crippen LogP contribution in [0.15, 0.2) is 30.3 Å². The fourth-order valence-electron chi connectivity index (χ4n) is 1.09. The van der Waals surface area contributed by atoms with Gasteiger partial charge in [-0.3, -0.25) is 19.3 Å². The predicted molar refractivity (Wildman–Crippen MR) is 54.2 cm³/mol. The van der Waals surface area contributed by atoms with Crippen molar-refractivity contribution >= 4 is 18.1 Å². The number of hydrogen-bond acceptors (Lipinski definition) is 3. The van der Waals surface area contributed by atoms with Crippen LogP contribution in [0.1, 0.15) is 17.3 Å². The van der Waals surface area contributed by atoms with E-state index in [0.29, 0.717) is 12.0 Å². The second-order valence-corrected chi connectivity index (χ2v) is 3.04. The van der Waals surface area contributed by atoms with E-state index in [2.05, 4.69) is 0 Å². The van der Waals surface area contributed by atoms with Gasteiger partial charge in [0, 0.05) is 12.5 Å². The van der Waals surface area contributed by atoms with Crippen molar-refractivity contribution in [3.63, 3.8) is 0 Å². The average Bonchev–Trinajstić information content (AvgIpc) is 2.26. The molecule has 0 aliphatic rings. The minimum Gasteiger partial charge on any atom is -0.292 e. The van der Waals surface area contributed by atoms with Crippen molar-refractivity contribution < 1.29 is 14.4 Å². The normalized spacial score (nSPS) is 9.40. The smallest absolute Gasteiger partial charge is 0.226 e. The van der Waals surface area contributed by atoms with Gasteiger partial charge in [-0.1, -0.05) is 30.3 Å². The number of rotatable bonds is 4. The molecule has 15 heavy (non-hydrogen) atoms.